The minimum atomic E-state index is -0.797. The van der Waals surface area contributed by atoms with Gasteiger partial charge in [0.1, 0.15) is 6.07 Å². The van der Waals surface area contributed by atoms with E-state index in [2.05, 4.69) is 15.4 Å². The summed E-state index contributed by atoms with van der Waals surface area (Å²) in [6.07, 6.45) is 1.12. The molecule has 1 aromatic rings. The zero-order valence-electron chi connectivity index (χ0n) is 11.2. The van der Waals surface area contributed by atoms with E-state index in [1.807, 2.05) is 0 Å². The number of esters is 1. The molecule has 0 saturated heterocycles. The number of nitriles is 1. The molecule has 0 bridgehead atoms. The van der Waals surface area contributed by atoms with Crippen molar-refractivity contribution in [2.24, 2.45) is 0 Å². The van der Waals surface area contributed by atoms with Gasteiger partial charge in [0.15, 0.2) is 5.57 Å². The van der Waals surface area contributed by atoms with Crippen molar-refractivity contribution in [1.29, 1.82) is 5.26 Å². The molecule has 110 valence electrons. The van der Waals surface area contributed by atoms with Crippen LogP contribution < -0.4 is 10.6 Å². The Bertz CT molecular complexity index is 651. The molecule has 0 unspecified atom stereocenters. The van der Waals surface area contributed by atoms with Gasteiger partial charge in [0.05, 0.1) is 23.4 Å². The zero-order chi connectivity index (χ0) is 16.0. The van der Waals surface area contributed by atoms with Crippen molar-refractivity contribution in [1.82, 2.24) is 5.32 Å². The quantitative estimate of drug-likeness (QED) is 0.503. The van der Waals surface area contributed by atoms with Crippen molar-refractivity contribution in [2.75, 3.05) is 19.5 Å². The fraction of sp³-hybridized carbons (Fsp3) is 0.154. The summed E-state index contributed by atoms with van der Waals surface area (Å²) < 4.78 is 4.43. The van der Waals surface area contributed by atoms with Crippen molar-refractivity contribution in [2.45, 2.75) is 0 Å². The second-order valence-corrected chi connectivity index (χ2v) is 4.51. The third-order valence-electron chi connectivity index (χ3n) is 2.41. The van der Waals surface area contributed by atoms with Crippen LogP contribution in [0.5, 0.6) is 0 Å². The Kier molecular flexibility index (Phi) is 6.03. The summed E-state index contributed by atoms with van der Waals surface area (Å²) in [4.78, 5) is 22.9. The fourth-order valence-corrected chi connectivity index (χ4v) is 1.86. The number of benzene rings is 1. The highest BCUT2D eigenvalue weighted by molar-refractivity contribution is 6.38. The number of hydrogen-bond acceptors (Lipinski definition) is 5. The van der Waals surface area contributed by atoms with Gasteiger partial charge in [-0.3, -0.25) is 4.79 Å². The molecule has 0 saturated carbocycles. The molecule has 0 atom stereocenters. The van der Waals surface area contributed by atoms with Crippen LogP contribution in [-0.4, -0.2) is 26.0 Å². The molecule has 1 rings (SSSR count). The van der Waals surface area contributed by atoms with E-state index < -0.39 is 11.9 Å². The number of ether oxygens (including phenoxy) is 1. The number of amides is 1. The summed E-state index contributed by atoms with van der Waals surface area (Å²) >= 11 is 12.0. The molecule has 21 heavy (non-hydrogen) atoms. The minimum absolute atomic E-state index is 0.108. The van der Waals surface area contributed by atoms with Crippen molar-refractivity contribution < 1.29 is 14.3 Å². The lowest BCUT2D eigenvalue weighted by Gasteiger charge is -2.10. The zero-order valence-corrected chi connectivity index (χ0v) is 12.7. The average molecular weight is 328 g/mol. The van der Waals surface area contributed by atoms with Gasteiger partial charge >= 0.3 is 5.97 Å². The van der Waals surface area contributed by atoms with Crippen LogP contribution in [0.15, 0.2) is 23.9 Å². The molecule has 2 N–H and O–H groups in total. The number of hydrogen-bond donors (Lipinski definition) is 2. The summed E-state index contributed by atoms with van der Waals surface area (Å²) in [7, 11) is 2.61. The first-order valence-electron chi connectivity index (χ1n) is 5.60. The maximum absolute atomic E-state index is 11.7. The van der Waals surface area contributed by atoms with Crippen LogP contribution >= 0.6 is 23.2 Å². The third-order valence-corrected chi connectivity index (χ3v) is 3.03. The monoisotopic (exact) mass is 327 g/mol. The highest BCUT2D eigenvalue weighted by atomic mass is 35.5. The van der Waals surface area contributed by atoms with Crippen molar-refractivity contribution >= 4 is 40.8 Å². The number of nitrogens with one attached hydrogen (secondary N) is 2. The topological polar surface area (TPSA) is 91.2 Å². The Balaban J connectivity index is 3.18. The highest BCUT2D eigenvalue weighted by Gasteiger charge is 2.15. The number of carbonyl (C=O) groups excluding carboxylic acids is 2. The SMILES string of the molecule is CNC(=O)c1cc(Cl)cc(NC=C(C#N)C(=O)OC)c1Cl. The Morgan fingerprint density at radius 2 is 2.05 bits per heavy atom. The molecule has 0 aliphatic heterocycles. The Labute approximate surface area is 131 Å². The molecule has 0 radical (unpaired) electrons. The van der Waals surface area contributed by atoms with E-state index >= 15 is 0 Å². The molecule has 0 heterocycles. The van der Waals surface area contributed by atoms with Gasteiger partial charge in [-0.05, 0) is 12.1 Å². The number of nitrogens with zero attached hydrogens (tertiary/aromatic N) is 1. The van der Waals surface area contributed by atoms with Gasteiger partial charge in [-0.25, -0.2) is 4.79 Å². The van der Waals surface area contributed by atoms with Crippen LogP contribution in [0.1, 0.15) is 10.4 Å². The van der Waals surface area contributed by atoms with Crippen molar-refractivity contribution in [3.05, 3.63) is 39.5 Å². The second-order valence-electron chi connectivity index (χ2n) is 3.70. The molecule has 1 aromatic carbocycles. The smallest absolute Gasteiger partial charge is 0.350 e. The Hall–Kier alpha value is -2.23. The first kappa shape index (κ1) is 16.8. The summed E-state index contributed by atoms with van der Waals surface area (Å²) in [5.74, 6) is -1.21. The van der Waals surface area contributed by atoms with E-state index in [4.69, 9.17) is 28.5 Å². The number of carbonyl (C=O) groups is 2. The van der Waals surface area contributed by atoms with Gasteiger partial charge in [-0.2, -0.15) is 5.26 Å². The summed E-state index contributed by atoms with van der Waals surface area (Å²) in [6.45, 7) is 0. The minimum Gasteiger partial charge on any atom is -0.465 e. The molecule has 0 fully saturated rings. The lowest BCUT2D eigenvalue weighted by Crippen LogP contribution is -2.18. The van der Waals surface area contributed by atoms with Crippen molar-refractivity contribution in [3.8, 4) is 6.07 Å². The first-order valence-corrected chi connectivity index (χ1v) is 6.36. The fourth-order valence-electron chi connectivity index (χ4n) is 1.39. The van der Waals surface area contributed by atoms with E-state index in [1.165, 1.54) is 19.2 Å². The summed E-state index contributed by atoms with van der Waals surface area (Å²) in [6, 6.07) is 4.54. The van der Waals surface area contributed by atoms with Crippen LogP contribution in [0.3, 0.4) is 0 Å². The normalized spacial score (nSPS) is 10.5. The van der Waals surface area contributed by atoms with Crippen LogP contribution in [0.4, 0.5) is 5.69 Å². The lowest BCUT2D eigenvalue weighted by atomic mass is 10.2. The van der Waals surface area contributed by atoms with Gasteiger partial charge in [-0.1, -0.05) is 23.2 Å². The van der Waals surface area contributed by atoms with Gasteiger partial charge < -0.3 is 15.4 Å². The molecular weight excluding hydrogens is 317 g/mol. The molecule has 1 amide bonds. The highest BCUT2D eigenvalue weighted by Crippen LogP contribution is 2.30. The van der Waals surface area contributed by atoms with Gasteiger partial charge in [-0.15, -0.1) is 0 Å². The molecule has 6 nitrogen and oxygen atoms in total. The van der Waals surface area contributed by atoms with E-state index in [9.17, 15) is 9.59 Å². The van der Waals surface area contributed by atoms with Gasteiger partial charge in [0.2, 0.25) is 0 Å². The van der Waals surface area contributed by atoms with Crippen LogP contribution in [-0.2, 0) is 9.53 Å². The second kappa shape index (κ2) is 7.53. The Morgan fingerprint density at radius 1 is 1.38 bits per heavy atom. The van der Waals surface area contributed by atoms with Crippen LogP contribution in [0, 0.1) is 11.3 Å². The summed E-state index contributed by atoms with van der Waals surface area (Å²) in [5, 5.41) is 14.3. The van der Waals surface area contributed by atoms with Gasteiger partial charge in [0, 0.05) is 18.3 Å². The number of rotatable bonds is 4. The molecule has 0 aromatic heterocycles. The molecule has 0 aliphatic rings. The largest absolute Gasteiger partial charge is 0.465 e. The maximum Gasteiger partial charge on any atom is 0.350 e. The van der Waals surface area contributed by atoms with E-state index in [0.29, 0.717) is 0 Å². The predicted molar refractivity (Wildman–Crippen MR) is 79.2 cm³/mol. The number of anilines is 1. The van der Waals surface area contributed by atoms with E-state index in [-0.39, 0.29) is 26.9 Å². The lowest BCUT2D eigenvalue weighted by molar-refractivity contribution is -0.135. The molecular formula is C13H11Cl2N3O3. The van der Waals surface area contributed by atoms with Crippen LogP contribution in [0.25, 0.3) is 0 Å². The third kappa shape index (κ3) is 4.12. The van der Waals surface area contributed by atoms with Gasteiger partial charge in [0.25, 0.3) is 5.91 Å². The molecule has 0 spiro atoms. The predicted octanol–water partition coefficient (Wildman–Crippen LogP) is 2.35. The van der Waals surface area contributed by atoms with Crippen LogP contribution in [0.2, 0.25) is 10.0 Å². The molecule has 8 heteroatoms. The average Bonchev–Trinajstić information content (AvgIpc) is 2.49. The number of halogens is 2. The number of methoxy groups -OCH3 is 1. The standard InChI is InChI=1S/C13H11Cl2N3O3/c1-17-12(19)9-3-8(14)4-10(11(9)15)18-6-7(5-16)13(20)21-2/h3-4,6,18H,1-2H3,(H,17,19). The van der Waals surface area contributed by atoms with Crippen molar-refractivity contribution in [3.63, 3.8) is 0 Å². The molecule has 0 aliphatic carbocycles. The Morgan fingerprint density at radius 3 is 2.57 bits per heavy atom. The van der Waals surface area contributed by atoms with E-state index in [0.717, 1.165) is 13.3 Å². The maximum atomic E-state index is 11.7. The van der Waals surface area contributed by atoms with E-state index in [1.54, 1.807) is 6.07 Å². The first-order chi connectivity index (χ1) is 9.94. The summed E-state index contributed by atoms with van der Waals surface area (Å²) in [5.41, 5.74) is 0.189.